The minimum absolute atomic E-state index is 0.244. The van der Waals surface area contributed by atoms with Crippen molar-refractivity contribution in [3.8, 4) is 11.4 Å². The first-order valence-corrected chi connectivity index (χ1v) is 7.18. The maximum absolute atomic E-state index is 9.49. The lowest BCUT2D eigenvalue weighted by molar-refractivity contribution is 0.471. The Morgan fingerprint density at radius 2 is 1.90 bits per heavy atom. The molecule has 106 valence electrons. The summed E-state index contributed by atoms with van der Waals surface area (Å²) in [7, 11) is 0. The zero-order valence-electron chi connectivity index (χ0n) is 11.1. The van der Waals surface area contributed by atoms with Crippen LogP contribution in [0.1, 0.15) is 5.56 Å². The lowest BCUT2D eigenvalue weighted by atomic mass is 10.2. The van der Waals surface area contributed by atoms with Crippen molar-refractivity contribution in [1.29, 1.82) is 0 Å². The van der Waals surface area contributed by atoms with Crippen LogP contribution in [-0.4, -0.2) is 19.9 Å². The summed E-state index contributed by atoms with van der Waals surface area (Å²) in [6, 6.07) is 13.5. The van der Waals surface area contributed by atoms with Crippen LogP contribution in [-0.2, 0) is 6.54 Å². The summed E-state index contributed by atoms with van der Waals surface area (Å²) in [6.45, 7) is 0.671. The molecule has 0 fully saturated rings. The second-order valence-corrected chi connectivity index (χ2v) is 5.41. The molecule has 0 aliphatic heterocycles. The lowest BCUT2D eigenvalue weighted by Crippen LogP contribution is -2.00. The van der Waals surface area contributed by atoms with Crippen molar-refractivity contribution in [1.82, 2.24) is 14.8 Å². The van der Waals surface area contributed by atoms with Crippen LogP contribution in [0.2, 0.25) is 0 Å². The maximum Gasteiger partial charge on any atom is 0.129 e. The van der Waals surface area contributed by atoms with E-state index < -0.39 is 0 Å². The van der Waals surface area contributed by atoms with E-state index in [9.17, 15) is 5.11 Å². The number of hydrogen-bond donors (Lipinski definition) is 2. The van der Waals surface area contributed by atoms with Crippen LogP contribution in [0.15, 0.2) is 59.6 Å². The van der Waals surface area contributed by atoms with Crippen LogP contribution in [0.4, 0.5) is 5.69 Å². The number of nitrogens with zero attached hydrogens (tertiary/aromatic N) is 3. The molecule has 6 heteroatoms. The van der Waals surface area contributed by atoms with E-state index in [2.05, 4.69) is 31.4 Å². The molecule has 21 heavy (non-hydrogen) atoms. The van der Waals surface area contributed by atoms with Gasteiger partial charge in [-0.25, -0.2) is 0 Å². The third kappa shape index (κ3) is 3.22. The SMILES string of the molecule is Oc1ccc(CNc2cccc(-n3cnnc3)c2)cc1Br. The second-order valence-electron chi connectivity index (χ2n) is 4.56. The number of nitrogens with one attached hydrogen (secondary N) is 1. The Hall–Kier alpha value is -2.34. The summed E-state index contributed by atoms with van der Waals surface area (Å²) in [5.74, 6) is 0.244. The predicted octanol–water partition coefficient (Wildman–Crippen LogP) is 3.35. The molecular weight excluding hydrogens is 332 g/mol. The Morgan fingerprint density at radius 3 is 2.67 bits per heavy atom. The molecule has 0 saturated heterocycles. The van der Waals surface area contributed by atoms with Crippen molar-refractivity contribution < 1.29 is 5.11 Å². The van der Waals surface area contributed by atoms with E-state index >= 15 is 0 Å². The van der Waals surface area contributed by atoms with E-state index in [1.165, 1.54) is 0 Å². The van der Waals surface area contributed by atoms with Gasteiger partial charge in [-0.3, -0.25) is 4.57 Å². The third-order valence-electron chi connectivity index (χ3n) is 3.07. The van der Waals surface area contributed by atoms with Crippen LogP contribution in [0, 0.1) is 0 Å². The fourth-order valence-electron chi connectivity index (χ4n) is 1.98. The van der Waals surface area contributed by atoms with Crippen molar-refractivity contribution in [3.05, 3.63) is 65.2 Å². The van der Waals surface area contributed by atoms with Crippen molar-refractivity contribution in [2.45, 2.75) is 6.54 Å². The Bertz CT molecular complexity index is 743. The van der Waals surface area contributed by atoms with Gasteiger partial charge in [0, 0.05) is 12.2 Å². The van der Waals surface area contributed by atoms with E-state index in [1.54, 1.807) is 18.7 Å². The number of aromatic nitrogens is 3. The number of halogens is 1. The lowest BCUT2D eigenvalue weighted by Gasteiger charge is -2.09. The highest BCUT2D eigenvalue weighted by atomic mass is 79.9. The van der Waals surface area contributed by atoms with Crippen molar-refractivity contribution in [2.75, 3.05) is 5.32 Å². The zero-order valence-corrected chi connectivity index (χ0v) is 12.7. The Labute approximate surface area is 130 Å². The standard InChI is InChI=1S/C15H13BrN4O/c16-14-6-11(4-5-15(14)21)8-17-12-2-1-3-13(7-12)20-9-18-19-10-20/h1-7,9-10,17,21H,8H2. The van der Waals surface area contributed by atoms with Crippen molar-refractivity contribution >= 4 is 21.6 Å². The highest BCUT2D eigenvalue weighted by molar-refractivity contribution is 9.10. The maximum atomic E-state index is 9.49. The molecule has 0 aliphatic rings. The summed E-state index contributed by atoms with van der Waals surface area (Å²) in [5.41, 5.74) is 3.08. The summed E-state index contributed by atoms with van der Waals surface area (Å²) < 4.78 is 2.54. The number of phenolic OH excluding ortho intramolecular Hbond substituents is 1. The number of hydrogen-bond acceptors (Lipinski definition) is 4. The molecule has 0 saturated carbocycles. The second kappa shape index (κ2) is 5.97. The highest BCUT2D eigenvalue weighted by Crippen LogP contribution is 2.24. The Morgan fingerprint density at radius 1 is 1.10 bits per heavy atom. The van der Waals surface area contributed by atoms with E-state index in [0.29, 0.717) is 11.0 Å². The molecule has 0 spiro atoms. The normalized spacial score (nSPS) is 10.5. The molecule has 2 aromatic carbocycles. The van der Waals surface area contributed by atoms with Gasteiger partial charge in [-0.15, -0.1) is 10.2 Å². The summed E-state index contributed by atoms with van der Waals surface area (Å²) >= 11 is 3.32. The monoisotopic (exact) mass is 344 g/mol. The number of rotatable bonds is 4. The Balaban J connectivity index is 1.73. The summed E-state index contributed by atoms with van der Waals surface area (Å²) in [6.07, 6.45) is 3.33. The van der Waals surface area contributed by atoms with Crippen LogP contribution in [0.3, 0.4) is 0 Å². The van der Waals surface area contributed by atoms with Crippen LogP contribution < -0.4 is 5.32 Å². The molecule has 0 unspecified atom stereocenters. The number of phenols is 1. The molecule has 1 heterocycles. The van der Waals surface area contributed by atoms with E-state index in [1.807, 2.05) is 41.0 Å². The van der Waals surface area contributed by atoms with Gasteiger partial charge in [0.05, 0.1) is 10.2 Å². The summed E-state index contributed by atoms with van der Waals surface area (Å²) in [4.78, 5) is 0. The summed E-state index contributed by atoms with van der Waals surface area (Å²) in [5, 5.41) is 20.4. The minimum atomic E-state index is 0.244. The van der Waals surface area contributed by atoms with Gasteiger partial charge in [0.25, 0.3) is 0 Å². The van der Waals surface area contributed by atoms with Crippen LogP contribution in [0.5, 0.6) is 5.75 Å². The molecule has 3 rings (SSSR count). The van der Waals surface area contributed by atoms with Crippen molar-refractivity contribution in [2.24, 2.45) is 0 Å². The molecule has 0 atom stereocenters. The largest absolute Gasteiger partial charge is 0.507 e. The first-order chi connectivity index (χ1) is 10.2. The fraction of sp³-hybridized carbons (Fsp3) is 0.0667. The van der Waals surface area contributed by atoms with Crippen LogP contribution in [0.25, 0.3) is 5.69 Å². The highest BCUT2D eigenvalue weighted by Gasteiger charge is 2.01. The van der Waals surface area contributed by atoms with Gasteiger partial charge in [0.1, 0.15) is 18.4 Å². The Kier molecular flexibility index (Phi) is 3.87. The van der Waals surface area contributed by atoms with Gasteiger partial charge in [-0.2, -0.15) is 0 Å². The molecule has 0 bridgehead atoms. The van der Waals surface area contributed by atoms with Crippen LogP contribution >= 0.6 is 15.9 Å². The first-order valence-electron chi connectivity index (χ1n) is 6.39. The average molecular weight is 345 g/mol. The van der Waals surface area contributed by atoms with Crippen molar-refractivity contribution in [3.63, 3.8) is 0 Å². The number of anilines is 1. The number of aromatic hydroxyl groups is 1. The van der Waals surface area contributed by atoms with Gasteiger partial charge in [0.2, 0.25) is 0 Å². The van der Waals surface area contributed by atoms with Gasteiger partial charge < -0.3 is 10.4 Å². The third-order valence-corrected chi connectivity index (χ3v) is 3.71. The average Bonchev–Trinajstić information content (AvgIpc) is 3.03. The quantitative estimate of drug-likeness (QED) is 0.761. The molecular formula is C15H13BrN4O. The first kappa shape index (κ1) is 13.6. The van der Waals surface area contributed by atoms with Gasteiger partial charge >= 0.3 is 0 Å². The molecule has 0 amide bonds. The molecule has 3 aromatic rings. The molecule has 1 aromatic heterocycles. The van der Waals surface area contributed by atoms with Gasteiger partial charge in [0.15, 0.2) is 0 Å². The zero-order chi connectivity index (χ0) is 14.7. The smallest absolute Gasteiger partial charge is 0.129 e. The predicted molar refractivity (Wildman–Crippen MR) is 84.5 cm³/mol. The van der Waals surface area contributed by atoms with E-state index in [0.717, 1.165) is 16.9 Å². The molecule has 5 nitrogen and oxygen atoms in total. The van der Waals surface area contributed by atoms with Gasteiger partial charge in [-0.05, 0) is 51.8 Å². The molecule has 0 radical (unpaired) electrons. The minimum Gasteiger partial charge on any atom is -0.507 e. The molecule has 0 aliphatic carbocycles. The topological polar surface area (TPSA) is 63.0 Å². The van der Waals surface area contributed by atoms with E-state index in [-0.39, 0.29) is 5.75 Å². The fourth-order valence-corrected chi connectivity index (χ4v) is 2.40. The number of benzene rings is 2. The van der Waals surface area contributed by atoms with Gasteiger partial charge in [-0.1, -0.05) is 12.1 Å². The molecule has 2 N–H and O–H groups in total. The van der Waals surface area contributed by atoms with E-state index in [4.69, 9.17) is 0 Å².